The van der Waals surface area contributed by atoms with Gasteiger partial charge in [-0.25, -0.2) is 0 Å². The lowest BCUT2D eigenvalue weighted by atomic mass is 9.76. The molecule has 0 saturated heterocycles. The number of nitrogens with two attached hydrogens (primary N) is 1. The summed E-state index contributed by atoms with van der Waals surface area (Å²) in [6, 6.07) is -0.0532. The summed E-state index contributed by atoms with van der Waals surface area (Å²) in [5.74, 6) is 0.541. The maximum atomic E-state index is 12.2. The first-order chi connectivity index (χ1) is 9.84. The van der Waals surface area contributed by atoms with Crippen LogP contribution in [0.5, 0.6) is 0 Å². The Morgan fingerprint density at radius 1 is 1.24 bits per heavy atom. The Hall–Kier alpha value is -0.610. The first-order valence-corrected chi connectivity index (χ1v) is 8.52. The molecule has 4 N–H and O–H groups in total. The van der Waals surface area contributed by atoms with Gasteiger partial charge in [-0.2, -0.15) is 0 Å². The molecule has 124 valence electrons. The molecule has 0 aliphatic heterocycles. The molecule has 0 spiro atoms. The van der Waals surface area contributed by atoms with Crippen LogP contribution in [-0.2, 0) is 4.79 Å². The van der Waals surface area contributed by atoms with Crippen LogP contribution in [0.4, 0.5) is 0 Å². The summed E-state index contributed by atoms with van der Waals surface area (Å²) in [6.07, 6.45) is 7.02. The fourth-order valence-electron chi connectivity index (χ4n) is 3.25. The Balaban J connectivity index is 2.41. The summed E-state index contributed by atoms with van der Waals surface area (Å²) in [4.78, 5) is 12.2. The van der Waals surface area contributed by atoms with Gasteiger partial charge >= 0.3 is 0 Å². The van der Waals surface area contributed by atoms with Crippen LogP contribution in [0.2, 0.25) is 0 Å². The van der Waals surface area contributed by atoms with Crippen molar-refractivity contribution in [2.45, 2.75) is 84.3 Å². The molecule has 1 aliphatic carbocycles. The van der Waals surface area contributed by atoms with Gasteiger partial charge < -0.3 is 16.2 Å². The maximum absolute atomic E-state index is 12.2. The topological polar surface area (TPSA) is 75.4 Å². The van der Waals surface area contributed by atoms with Gasteiger partial charge in [-0.1, -0.05) is 40.0 Å². The highest BCUT2D eigenvalue weighted by molar-refractivity contribution is 5.76. The Labute approximate surface area is 129 Å². The summed E-state index contributed by atoms with van der Waals surface area (Å²) in [6.45, 7) is 7.30. The number of hydrogen-bond donors (Lipinski definition) is 3. The van der Waals surface area contributed by atoms with Crippen LogP contribution in [-0.4, -0.2) is 29.7 Å². The van der Waals surface area contributed by atoms with Crippen LogP contribution in [0.1, 0.15) is 72.1 Å². The van der Waals surface area contributed by atoms with E-state index >= 15 is 0 Å². The summed E-state index contributed by atoms with van der Waals surface area (Å²) in [5.41, 5.74) is 5.87. The minimum Gasteiger partial charge on any atom is -0.391 e. The highest BCUT2D eigenvalue weighted by Crippen LogP contribution is 2.32. The van der Waals surface area contributed by atoms with Gasteiger partial charge in [-0.15, -0.1) is 0 Å². The Morgan fingerprint density at radius 3 is 2.52 bits per heavy atom. The molecular weight excluding hydrogens is 264 g/mol. The van der Waals surface area contributed by atoms with Crippen molar-refractivity contribution in [3.63, 3.8) is 0 Å². The largest absolute Gasteiger partial charge is 0.391 e. The minimum atomic E-state index is -0.376. The van der Waals surface area contributed by atoms with Crippen LogP contribution in [0.3, 0.4) is 0 Å². The van der Waals surface area contributed by atoms with Crippen molar-refractivity contribution in [1.29, 1.82) is 0 Å². The van der Waals surface area contributed by atoms with E-state index in [0.717, 1.165) is 44.9 Å². The molecule has 1 amide bonds. The molecule has 1 rings (SSSR count). The van der Waals surface area contributed by atoms with E-state index in [1.807, 2.05) is 0 Å². The van der Waals surface area contributed by atoms with Crippen molar-refractivity contribution in [2.24, 2.45) is 17.1 Å². The highest BCUT2D eigenvalue weighted by Gasteiger charge is 2.26. The van der Waals surface area contributed by atoms with Crippen molar-refractivity contribution < 1.29 is 9.90 Å². The predicted octanol–water partition coefficient (Wildman–Crippen LogP) is 2.59. The van der Waals surface area contributed by atoms with Crippen LogP contribution < -0.4 is 11.1 Å². The third-order valence-electron chi connectivity index (χ3n) is 4.79. The van der Waals surface area contributed by atoms with Crippen LogP contribution in [0.25, 0.3) is 0 Å². The van der Waals surface area contributed by atoms with Gasteiger partial charge in [-0.05, 0) is 43.6 Å². The van der Waals surface area contributed by atoms with Crippen molar-refractivity contribution in [3.05, 3.63) is 0 Å². The lowest BCUT2D eigenvalue weighted by Gasteiger charge is -2.30. The third-order valence-corrected chi connectivity index (χ3v) is 4.79. The molecule has 4 nitrogen and oxygen atoms in total. The molecule has 4 heteroatoms. The molecule has 1 saturated carbocycles. The first kappa shape index (κ1) is 18.4. The lowest BCUT2D eigenvalue weighted by molar-refractivity contribution is -0.123. The zero-order valence-electron chi connectivity index (χ0n) is 14.0. The number of aliphatic hydroxyl groups excluding tert-OH is 1. The number of rotatable bonds is 6. The van der Waals surface area contributed by atoms with Gasteiger partial charge in [0.1, 0.15) is 0 Å². The Bertz CT molecular complexity index is 312. The number of hydrogen-bond acceptors (Lipinski definition) is 3. The molecule has 0 aromatic heterocycles. The standard InChI is InChI=1S/C17H34N2O2/c1-17(2,3)13(11-12-18)9-10-16(21)19-14-7-5-4-6-8-15(14)20/h13-15,20H,4-12,18H2,1-3H3,(H,19,21). The normalized spacial score (nSPS) is 25.2. The second kappa shape index (κ2) is 8.74. The van der Waals surface area contributed by atoms with E-state index < -0.39 is 0 Å². The summed E-state index contributed by atoms with van der Waals surface area (Å²) >= 11 is 0. The van der Waals surface area contributed by atoms with Gasteiger partial charge in [0.25, 0.3) is 0 Å². The first-order valence-electron chi connectivity index (χ1n) is 8.52. The van der Waals surface area contributed by atoms with Gasteiger partial charge in [-0.3, -0.25) is 4.79 Å². The van der Waals surface area contributed by atoms with Gasteiger partial charge in [0.05, 0.1) is 12.1 Å². The van der Waals surface area contributed by atoms with Crippen molar-refractivity contribution in [1.82, 2.24) is 5.32 Å². The van der Waals surface area contributed by atoms with Crippen LogP contribution in [0.15, 0.2) is 0 Å². The molecule has 0 bridgehead atoms. The average Bonchev–Trinajstić information content (AvgIpc) is 2.59. The van der Waals surface area contributed by atoms with Crippen molar-refractivity contribution in [2.75, 3.05) is 6.54 Å². The number of nitrogens with one attached hydrogen (secondary N) is 1. The molecule has 0 aromatic carbocycles. The number of carbonyl (C=O) groups is 1. The lowest BCUT2D eigenvalue weighted by Crippen LogP contribution is -2.42. The quantitative estimate of drug-likeness (QED) is 0.660. The third kappa shape index (κ3) is 6.79. The minimum absolute atomic E-state index is 0.0532. The van der Waals surface area contributed by atoms with E-state index in [1.54, 1.807) is 0 Å². The zero-order chi connectivity index (χ0) is 15.9. The Kier molecular flexibility index (Phi) is 7.67. The van der Waals surface area contributed by atoms with E-state index in [9.17, 15) is 9.90 Å². The van der Waals surface area contributed by atoms with Crippen LogP contribution >= 0.6 is 0 Å². The summed E-state index contributed by atoms with van der Waals surface area (Å²) in [7, 11) is 0. The molecule has 0 radical (unpaired) electrons. The Morgan fingerprint density at radius 2 is 1.90 bits per heavy atom. The van der Waals surface area contributed by atoms with E-state index in [1.165, 1.54) is 0 Å². The van der Waals surface area contributed by atoms with E-state index in [4.69, 9.17) is 5.73 Å². The van der Waals surface area contributed by atoms with E-state index in [2.05, 4.69) is 26.1 Å². The second-order valence-electron chi connectivity index (χ2n) is 7.56. The number of carbonyl (C=O) groups excluding carboxylic acids is 1. The SMILES string of the molecule is CC(C)(C)C(CCN)CCC(=O)NC1CCCCCC1O. The van der Waals surface area contributed by atoms with Crippen molar-refractivity contribution in [3.8, 4) is 0 Å². The molecular formula is C17H34N2O2. The fraction of sp³-hybridized carbons (Fsp3) is 0.941. The molecule has 3 atom stereocenters. The molecule has 1 aliphatic rings. The predicted molar refractivity (Wildman–Crippen MR) is 86.9 cm³/mol. The van der Waals surface area contributed by atoms with Gasteiger partial charge in [0.15, 0.2) is 0 Å². The van der Waals surface area contributed by atoms with E-state index in [0.29, 0.717) is 18.9 Å². The second-order valence-corrected chi connectivity index (χ2v) is 7.56. The summed E-state index contributed by atoms with van der Waals surface area (Å²) < 4.78 is 0. The molecule has 0 heterocycles. The van der Waals surface area contributed by atoms with E-state index in [-0.39, 0.29) is 23.5 Å². The average molecular weight is 298 g/mol. The van der Waals surface area contributed by atoms with Gasteiger partial charge in [0, 0.05) is 6.42 Å². The number of amides is 1. The molecule has 21 heavy (non-hydrogen) atoms. The van der Waals surface area contributed by atoms with Gasteiger partial charge in [0.2, 0.25) is 5.91 Å². The fourth-order valence-corrected chi connectivity index (χ4v) is 3.25. The highest BCUT2D eigenvalue weighted by atomic mass is 16.3. The molecule has 3 unspecified atom stereocenters. The molecule has 1 fully saturated rings. The zero-order valence-corrected chi connectivity index (χ0v) is 14.0. The monoisotopic (exact) mass is 298 g/mol. The van der Waals surface area contributed by atoms with Crippen LogP contribution in [0, 0.1) is 11.3 Å². The van der Waals surface area contributed by atoms with Crippen molar-refractivity contribution >= 4 is 5.91 Å². The summed E-state index contributed by atoms with van der Waals surface area (Å²) in [5, 5.41) is 13.1. The maximum Gasteiger partial charge on any atom is 0.220 e. The smallest absolute Gasteiger partial charge is 0.220 e. The number of aliphatic hydroxyl groups is 1. The molecule has 0 aromatic rings.